The number of fused-ring (bicyclic) bond motifs is 2. The SMILES string of the molecule is O=C(Nc1ccc2oc(-c3ccc(Cl)cc3Cl)nc2c1)c1cccc2ccccc12. The number of hydrogen-bond donors (Lipinski definition) is 1. The first kappa shape index (κ1) is 18.7. The minimum atomic E-state index is -0.185. The number of benzene rings is 4. The fourth-order valence-corrected chi connectivity index (χ4v) is 3.89. The fourth-order valence-electron chi connectivity index (χ4n) is 3.41. The number of aromatic nitrogens is 1. The normalized spacial score (nSPS) is 11.1. The molecule has 1 amide bonds. The van der Waals surface area contributed by atoms with Gasteiger partial charge in [0, 0.05) is 16.3 Å². The molecule has 0 unspecified atom stereocenters. The molecule has 0 radical (unpaired) electrons. The smallest absolute Gasteiger partial charge is 0.256 e. The molecule has 1 aromatic heterocycles. The van der Waals surface area contributed by atoms with Gasteiger partial charge in [-0.2, -0.15) is 0 Å². The Morgan fingerprint density at radius 3 is 2.60 bits per heavy atom. The van der Waals surface area contributed by atoms with Crippen molar-refractivity contribution in [1.29, 1.82) is 0 Å². The van der Waals surface area contributed by atoms with Crippen LogP contribution in [-0.2, 0) is 0 Å². The molecule has 0 fully saturated rings. The maximum Gasteiger partial charge on any atom is 0.256 e. The number of rotatable bonds is 3. The molecule has 0 saturated carbocycles. The summed E-state index contributed by atoms with van der Waals surface area (Å²) in [5.41, 5.74) is 3.11. The monoisotopic (exact) mass is 432 g/mol. The zero-order chi connectivity index (χ0) is 20.7. The van der Waals surface area contributed by atoms with Crippen LogP contribution in [0.15, 0.2) is 83.3 Å². The third-order valence-electron chi connectivity index (χ3n) is 4.84. The summed E-state index contributed by atoms with van der Waals surface area (Å²) >= 11 is 12.2. The van der Waals surface area contributed by atoms with Crippen molar-refractivity contribution in [1.82, 2.24) is 4.98 Å². The van der Waals surface area contributed by atoms with Crippen molar-refractivity contribution in [2.45, 2.75) is 0 Å². The maximum atomic E-state index is 12.9. The Kier molecular flexibility index (Phi) is 4.66. The molecule has 0 spiro atoms. The number of nitrogens with zero attached hydrogens (tertiary/aromatic N) is 1. The van der Waals surface area contributed by atoms with Crippen LogP contribution in [0.25, 0.3) is 33.3 Å². The fraction of sp³-hybridized carbons (Fsp3) is 0. The third-order valence-corrected chi connectivity index (χ3v) is 5.39. The first-order valence-electron chi connectivity index (χ1n) is 9.23. The van der Waals surface area contributed by atoms with E-state index in [2.05, 4.69) is 10.3 Å². The van der Waals surface area contributed by atoms with Crippen LogP contribution < -0.4 is 5.32 Å². The van der Waals surface area contributed by atoms with Gasteiger partial charge in [-0.15, -0.1) is 0 Å². The van der Waals surface area contributed by atoms with Crippen molar-refractivity contribution in [2.24, 2.45) is 0 Å². The molecule has 30 heavy (non-hydrogen) atoms. The number of anilines is 1. The van der Waals surface area contributed by atoms with Gasteiger partial charge in [-0.1, -0.05) is 59.6 Å². The van der Waals surface area contributed by atoms with Gasteiger partial charge in [-0.3, -0.25) is 4.79 Å². The molecule has 0 atom stereocenters. The van der Waals surface area contributed by atoms with E-state index in [4.69, 9.17) is 27.6 Å². The van der Waals surface area contributed by atoms with Crippen LogP contribution in [0.5, 0.6) is 0 Å². The van der Waals surface area contributed by atoms with Crippen LogP contribution in [0.1, 0.15) is 10.4 Å². The van der Waals surface area contributed by atoms with E-state index in [1.165, 1.54) is 0 Å². The summed E-state index contributed by atoms with van der Waals surface area (Å²) in [5.74, 6) is 0.208. The molecule has 5 rings (SSSR count). The first-order valence-corrected chi connectivity index (χ1v) is 9.99. The van der Waals surface area contributed by atoms with E-state index in [1.54, 1.807) is 36.4 Å². The molecule has 4 nitrogen and oxygen atoms in total. The number of amides is 1. The van der Waals surface area contributed by atoms with E-state index in [1.807, 2.05) is 42.5 Å². The number of nitrogens with one attached hydrogen (secondary N) is 1. The third kappa shape index (κ3) is 3.41. The van der Waals surface area contributed by atoms with Crippen LogP contribution in [0.2, 0.25) is 10.0 Å². The second-order valence-electron chi connectivity index (χ2n) is 6.81. The van der Waals surface area contributed by atoms with Crippen molar-refractivity contribution in [3.63, 3.8) is 0 Å². The summed E-state index contributed by atoms with van der Waals surface area (Å²) in [5, 5.41) is 5.86. The van der Waals surface area contributed by atoms with E-state index in [0.29, 0.717) is 43.9 Å². The van der Waals surface area contributed by atoms with Crippen LogP contribution in [0.4, 0.5) is 5.69 Å². The topological polar surface area (TPSA) is 55.1 Å². The molecule has 0 aliphatic rings. The maximum absolute atomic E-state index is 12.9. The highest BCUT2D eigenvalue weighted by Crippen LogP contribution is 2.32. The molecule has 0 bridgehead atoms. The standard InChI is InChI=1S/C24H14Cl2N2O2/c25-15-8-10-19(20(26)12-15)24-28-21-13-16(9-11-22(21)30-24)27-23(29)18-7-3-5-14-4-1-2-6-17(14)18/h1-13H,(H,27,29). The molecule has 146 valence electrons. The first-order chi connectivity index (χ1) is 14.6. The summed E-state index contributed by atoms with van der Waals surface area (Å²) in [6.07, 6.45) is 0. The lowest BCUT2D eigenvalue weighted by Crippen LogP contribution is -2.12. The Bertz CT molecular complexity index is 1420. The number of oxazole rings is 1. The molecule has 5 aromatic rings. The van der Waals surface area contributed by atoms with E-state index in [9.17, 15) is 4.79 Å². The Hall–Kier alpha value is -3.34. The molecule has 1 N–H and O–H groups in total. The van der Waals surface area contributed by atoms with Gasteiger partial charge >= 0.3 is 0 Å². The summed E-state index contributed by atoms with van der Waals surface area (Å²) < 4.78 is 5.83. The zero-order valence-corrected chi connectivity index (χ0v) is 17.0. The van der Waals surface area contributed by atoms with Crippen molar-refractivity contribution >= 4 is 56.7 Å². The molecule has 6 heteroatoms. The van der Waals surface area contributed by atoms with Gasteiger partial charge in [-0.05, 0) is 53.2 Å². The van der Waals surface area contributed by atoms with E-state index >= 15 is 0 Å². The Morgan fingerprint density at radius 1 is 0.900 bits per heavy atom. The van der Waals surface area contributed by atoms with Crippen molar-refractivity contribution in [2.75, 3.05) is 5.32 Å². The highest BCUT2D eigenvalue weighted by molar-refractivity contribution is 6.36. The number of halogens is 2. The summed E-state index contributed by atoms with van der Waals surface area (Å²) in [6, 6.07) is 23.9. The average Bonchev–Trinajstić information content (AvgIpc) is 3.16. The van der Waals surface area contributed by atoms with Gasteiger partial charge in [0.25, 0.3) is 5.91 Å². The van der Waals surface area contributed by atoms with Gasteiger partial charge in [0.2, 0.25) is 5.89 Å². The summed E-state index contributed by atoms with van der Waals surface area (Å²) in [4.78, 5) is 17.4. The van der Waals surface area contributed by atoms with Crippen LogP contribution in [-0.4, -0.2) is 10.9 Å². The molecule has 0 aliphatic heterocycles. The van der Waals surface area contributed by atoms with E-state index in [-0.39, 0.29) is 5.91 Å². The van der Waals surface area contributed by atoms with E-state index < -0.39 is 0 Å². The number of carbonyl (C=O) groups excluding carboxylic acids is 1. The zero-order valence-electron chi connectivity index (χ0n) is 15.5. The van der Waals surface area contributed by atoms with Crippen LogP contribution in [0.3, 0.4) is 0 Å². The lowest BCUT2D eigenvalue weighted by atomic mass is 10.0. The number of carbonyl (C=O) groups is 1. The molecule has 1 heterocycles. The average molecular weight is 433 g/mol. The summed E-state index contributed by atoms with van der Waals surface area (Å²) in [7, 11) is 0. The number of hydrogen-bond acceptors (Lipinski definition) is 3. The molecule has 4 aromatic carbocycles. The molecule has 0 aliphatic carbocycles. The Labute approximate surface area is 182 Å². The molecular formula is C24H14Cl2N2O2. The molecular weight excluding hydrogens is 419 g/mol. The quantitative estimate of drug-likeness (QED) is 0.327. The Balaban J connectivity index is 1.47. The van der Waals surface area contributed by atoms with Crippen molar-refractivity contribution in [3.8, 4) is 11.5 Å². The Morgan fingerprint density at radius 2 is 1.73 bits per heavy atom. The van der Waals surface area contributed by atoms with Crippen molar-refractivity contribution in [3.05, 3.63) is 94.5 Å². The van der Waals surface area contributed by atoms with Crippen LogP contribution in [0, 0.1) is 0 Å². The minimum Gasteiger partial charge on any atom is -0.436 e. The highest BCUT2D eigenvalue weighted by Gasteiger charge is 2.14. The minimum absolute atomic E-state index is 0.185. The van der Waals surface area contributed by atoms with Gasteiger partial charge in [0.15, 0.2) is 5.58 Å². The van der Waals surface area contributed by atoms with Gasteiger partial charge in [0.05, 0.1) is 10.6 Å². The molecule has 0 saturated heterocycles. The van der Waals surface area contributed by atoms with Crippen molar-refractivity contribution < 1.29 is 9.21 Å². The summed E-state index contributed by atoms with van der Waals surface area (Å²) in [6.45, 7) is 0. The predicted octanol–water partition coefficient (Wildman–Crippen LogP) is 7.21. The lowest BCUT2D eigenvalue weighted by Gasteiger charge is -2.08. The largest absolute Gasteiger partial charge is 0.436 e. The van der Waals surface area contributed by atoms with Gasteiger partial charge in [0.1, 0.15) is 5.52 Å². The lowest BCUT2D eigenvalue weighted by molar-refractivity contribution is 0.102. The van der Waals surface area contributed by atoms with E-state index in [0.717, 1.165) is 10.8 Å². The highest BCUT2D eigenvalue weighted by atomic mass is 35.5. The van der Waals surface area contributed by atoms with Gasteiger partial charge in [-0.25, -0.2) is 4.98 Å². The predicted molar refractivity (Wildman–Crippen MR) is 121 cm³/mol. The van der Waals surface area contributed by atoms with Gasteiger partial charge < -0.3 is 9.73 Å². The van der Waals surface area contributed by atoms with Crippen LogP contribution >= 0.6 is 23.2 Å². The second kappa shape index (κ2) is 7.48. The second-order valence-corrected chi connectivity index (χ2v) is 7.65.